The first kappa shape index (κ1) is 32.8. The Morgan fingerprint density at radius 3 is 1.00 bits per heavy atom. The average molecular weight is 730 g/mol. The average Bonchev–Trinajstić information content (AvgIpc) is 3.81. The molecule has 0 bridgehead atoms. The summed E-state index contributed by atoms with van der Waals surface area (Å²) in [5.74, 6) is 1.68. The molecule has 8 aromatic carbocycles. The van der Waals surface area contributed by atoms with Crippen molar-refractivity contribution in [1.82, 2.24) is 24.1 Å². The summed E-state index contributed by atoms with van der Waals surface area (Å²) in [6.07, 6.45) is 0. The second-order valence-electron chi connectivity index (χ2n) is 14.4. The minimum absolute atomic E-state index is 0.550. The fraction of sp³-hybridized carbons (Fsp3) is 0.0192. The molecule has 0 amide bonds. The fourth-order valence-electron chi connectivity index (χ4n) is 8.99. The number of rotatable bonds is 7. The molecular weight excluding hydrogens is 695 g/mol. The van der Waals surface area contributed by atoms with E-state index in [-0.39, 0.29) is 0 Å². The molecule has 0 radical (unpaired) electrons. The molecule has 5 nitrogen and oxygen atoms in total. The van der Waals surface area contributed by atoms with Crippen LogP contribution in [-0.2, 0) is 5.41 Å². The highest BCUT2D eigenvalue weighted by Gasteiger charge is 2.40. The minimum Gasteiger partial charge on any atom is -0.278 e. The van der Waals surface area contributed by atoms with Crippen LogP contribution in [0.3, 0.4) is 0 Å². The maximum Gasteiger partial charge on any atom is 0.240 e. The summed E-state index contributed by atoms with van der Waals surface area (Å²) < 4.78 is 4.38. The van der Waals surface area contributed by atoms with Crippen LogP contribution >= 0.6 is 0 Å². The molecule has 11 aromatic rings. The summed E-state index contributed by atoms with van der Waals surface area (Å²) >= 11 is 0. The van der Waals surface area contributed by atoms with Gasteiger partial charge in [0.15, 0.2) is 5.82 Å². The number of aromatic nitrogens is 5. The van der Waals surface area contributed by atoms with Gasteiger partial charge in [-0.2, -0.15) is 15.0 Å². The zero-order valence-electron chi connectivity index (χ0n) is 30.9. The van der Waals surface area contributed by atoms with Crippen molar-refractivity contribution in [3.63, 3.8) is 0 Å². The Labute approximate surface area is 329 Å². The predicted molar refractivity (Wildman–Crippen MR) is 232 cm³/mol. The third-order valence-corrected chi connectivity index (χ3v) is 11.4. The van der Waals surface area contributed by atoms with E-state index in [0.717, 1.165) is 71.4 Å². The number of fused-ring (bicyclic) bond motifs is 6. The first-order valence-electron chi connectivity index (χ1n) is 19.3. The van der Waals surface area contributed by atoms with E-state index in [2.05, 4.69) is 221 Å². The van der Waals surface area contributed by atoms with E-state index in [1.54, 1.807) is 0 Å². The van der Waals surface area contributed by atoms with Crippen LogP contribution in [0.5, 0.6) is 0 Å². The van der Waals surface area contributed by atoms with Gasteiger partial charge in [0.2, 0.25) is 11.9 Å². The van der Waals surface area contributed by atoms with E-state index in [0.29, 0.717) is 17.7 Å². The van der Waals surface area contributed by atoms with E-state index >= 15 is 0 Å². The summed E-state index contributed by atoms with van der Waals surface area (Å²) in [5, 5.41) is 4.57. The van der Waals surface area contributed by atoms with E-state index < -0.39 is 5.41 Å². The zero-order chi connectivity index (χ0) is 37.8. The van der Waals surface area contributed by atoms with Gasteiger partial charge in [0.05, 0.1) is 27.5 Å². The Bertz CT molecular complexity index is 2900. The smallest absolute Gasteiger partial charge is 0.240 e. The molecule has 0 aliphatic heterocycles. The summed E-state index contributed by atoms with van der Waals surface area (Å²) in [6, 6.07) is 75.0. The predicted octanol–water partition coefficient (Wildman–Crippen LogP) is 12.1. The van der Waals surface area contributed by atoms with Gasteiger partial charge >= 0.3 is 0 Å². The number of para-hydroxylation sites is 4. The molecule has 0 saturated heterocycles. The molecule has 0 atom stereocenters. The molecule has 0 saturated carbocycles. The zero-order valence-corrected chi connectivity index (χ0v) is 30.9. The molecule has 268 valence electrons. The maximum atomic E-state index is 5.50. The van der Waals surface area contributed by atoms with Gasteiger partial charge in [-0.05, 0) is 46.5 Å². The van der Waals surface area contributed by atoms with Gasteiger partial charge in [-0.15, -0.1) is 0 Å². The quantitative estimate of drug-likeness (QED) is 0.153. The van der Waals surface area contributed by atoms with Gasteiger partial charge in [0, 0.05) is 27.1 Å². The van der Waals surface area contributed by atoms with Crippen LogP contribution in [0.1, 0.15) is 22.3 Å². The Morgan fingerprint density at radius 2 is 0.614 bits per heavy atom. The SMILES string of the molecule is c1ccc(C(c2ccccc2)(c2ccccc2)c2ccccc2-c2nc(-n3c4ccccc4c4ccccc43)nc(-n3c4ccccc4c4ccccc43)n2)cc1. The fourth-order valence-corrected chi connectivity index (χ4v) is 8.99. The Hall–Kier alpha value is -7.63. The summed E-state index contributed by atoms with van der Waals surface area (Å²) in [7, 11) is 0. The highest BCUT2D eigenvalue weighted by Crippen LogP contribution is 2.48. The standard InChI is InChI=1S/C52H35N5/c1-4-20-36(21-5-1)52(37-22-6-2-7-23-37,38-24-8-3-9-25-38)44-31-15-10-30-43(44)49-53-50(56-45-32-16-11-26-39(45)40-27-12-17-33-46(40)56)55-51(54-49)57-47-34-18-13-28-41(47)42-29-14-19-35-48(42)57/h1-35H. The van der Waals surface area contributed by atoms with Crippen LogP contribution in [-0.4, -0.2) is 24.1 Å². The van der Waals surface area contributed by atoms with E-state index in [4.69, 9.17) is 15.0 Å². The van der Waals surface area contributed by atoms with Crippen molar-refractivity contribution in [3.8, 4) is 23.3 Å². The number of hydrogen-bond acceptors (Lipinski definition) is 3. The van der Waals surface area contributed by atoms with Crippen molar-refractivity contribution >= 4 is 43.6 Å². The third kappa shape index (κ3) is 5.06. The lowest BCUT2D eigenvalue weighted by atomic mass is 9.64. The number of hydrogen-bond donors (Lipinski definition) is 0. The van der Waals surface area contributed by atoms with Crippen molar-refractivity contribution in [2.45, 2.75) is 5.41 Å². The Balaban J connectivity index is 1.28. The van der Waals surface area contributed by atoms with Gasteiger partial charge in [-0.1, -0.05) is 188 Å². The summed E-state index contributed by atoms with van der Waals surface area (Å²) in [4.78, 5) is 16.4. The molecule has 0 N–H and O–H groups in total. The van der Waals surface area contributed by atoms with Crippen LogP contribution in [0.2, 0.25) is 0 Å². The van der Waals surface area contributed by atoms with Crippen LogP contribution in [0.15, 0.2) is 212 Å². The van der Waals surface area contributed by atoms with E-state index in [9.17, 15) is 0 Å². The van der Waals surface area contributed by atoms with Gasteiger partial charge in [0.1, 0.15) is 0 Å². The first-order chi connectivity index (χ1) is 28.3. The molecule has 57 heavy (non-hydrogen) atoms. The molecule has 0 unspecified atom stereocenters. The first-order valence-corrected chi connectivity index (χ1v) is 19.3. The molecular formula is C52H35N5. The second kappa shape index (κ2) is 13.3. The van der Waals surface area contributed by atoms with Gasteiger partial charge in [0.25, 0.3) is 0 Å². The van der Waals surface area contributed by atoms with Gasteiger partial charge in [-0.3, -0.25) is 9.13 Å². The lowest BCUT2D eigenvalue weighted by Gasteiger charge is -2.38. The molecule has 0 aliphatic carbocycles. The molecule has 3 aromatic heterocycles. The van der Waals surface area contributed by atoms with Crippen LogP contribution in [0.25, 0.3) is 66.9 Å². The summed E-state index contributed by atoms with van der Waals surface area (Å²) in [6.45, 7) is 0. The molecule has 11 rings (SSSR count). The number of benzene rings is 8. The highest BCUT2D eigenvalue weighted by atomic mass is 15.3. The molecule has 0 spiro atoms. The molecule has 5 heteroatoms. The summed E-state index contributed by atoms with van der Waals surface area (Å²) in [5.41, 5.74) is 8.84. The van der Waals surface area contributed by atoms with Gasteiger partial charge in [-0.25, -0.2) is 0 Å². The molecule has 0 aliphatic rings. The number of nitrogens with zero attached hydrogens (tertiary/aromatic N) is 5. The van der Waals surface area contributed by atoms with Crippen molar-refractivity contribution in [2.24, 2.45) is 0 Å². The lowest BCUT2D eigenvalue weighted by molar-refractivity contribution is 0.745. The lowest BCUT2D eigenvalue weighted by Crippen LogP contribution is -2.31. The minimum atomic E-state index is -0.715. The van der Waals surface area contributed by atoms with Crippen molar-refractivity contribution < 1.29 is 0 Å². The van der Waals surface area contributed by atoms with E-state index in [1.165, 1.54) is 0 Å². The van der Waals surface area contributed by atoms with Crippen molar-refractivity contribution in [2.75, 3.05) is 0 Å². The second-order valence-corrected chi connectivity index (χ2v) is 14.4. The highest BCUT2D eigenvalue weighted by molar-refractivity contribution is 6.10. The largest absolute Gasteiger partial charge is 0.278 e. The topological polar surface area (TPSA) is 48.5 Å². The Kier molecular flexibility index (Phi) is 7.64. The Morgan fingerprint density at radius 1 is 0.298 bits per heavy atom. The monoisotopic (exact) mass is 729 g/mol. The van der Waals surface area contributed by atoms with Crippen molar-refractivity contribution in [3.05, 3.63) is 235 Å². The molecule has 0 fully saturated rings. The maximum absolute atomic E-state index is 5.50. The van der Waals surface area contributed by atoms with Crippen LogP contribution in [0, 0.1) is 0 Å². The van der Waals surface area contributed by atoms with Gasteiger partial charge < -0.3 is 0 Å². The van der Waals surface area contributed by atoms with Crippen LogP contribution < -0.4 is 0 Å². The third-order valence-electron chi connectivity index (χ3n) is 11.4. The molecule has 3 heterocycles. The normalized spacial score (nSPS) is 11.9. The van der Waals surface area contributed by atoms with Crippen LogP contribution in [0.4, 0.5) is 0 Å². The van der Waals surface area contributed by atoms with Crippen molar-refractivity contribution in [1.29, 1.82) is 0 Å². The van der Waals surface area contributed by atoms with E-state index in [1.807, 2.05) is 0 Å².